The molecular weight excluding hydrogens is 194 g/mol. The molecule has 0 aromatic heterocycles. The Labute approximate surface area is 67.3 Å². The maximum atomic E-state index is 10.3. The fraction of sp³-hybridized carbons (Fsp3) is 1.00. The van der Waals surface area contributed by atoms with Crippen molar-refractivity contribution in [1.29, 1.82) is 0 Å². The molecule has 3 nitrogen and oxygen atoms in total. The van der Waals surface area contributed by atoms with E-state index in [1.807, 2.05) is 20.8 Å². The van der Waals surface area contributed by atoms with Crippen LogP contribution in [0.2, 0.25) is 0 Å². The van der Waals surface area contributed by atoms with Crippen molar-refractivity contribution in [3.63, 3.8) is 0 Å². The van der Waals surface area contributed by atoms with E-state index < -0.39 is 13.3 Å². The molecule has 0 radical (unpaired) electrons. The number of hydrogen-bond acceptors (Lipinski definition) is 3. The molecule has 61 valence electrons. The number of halogens is 1. The summed E-state index contributed by atoms with van der Waals surface area (Å²) >= 11 is -4.60. The predicted octanol–water partition coefficient (Wildman–Crippen LogP) is 1.96. The van der Waals surface area contributed by atoms with E-state index in [2.05, 4.69) is 3.66 Å². The SMILES string of the molecule is CC(C)(C)C[O][V](=[O])(=[O])[Cl]. The molecule has 0 unspecified atom stereocenters. The van der Waals surface area contributed by atoms with Crippen LogP contribution in [-0.4, -0.2) is 6.61 Å². The van der Waals surface area contributed by atoms with E-state index in [0.717, 1.165) is 0 Å². The third kappa shape index (κ3) is 8.43. The van der Waals surface area contributed by atoms with Crippen LogP contribution in [0, 0.1) is 5.41 Å². The van der Waals surface area contributed by atoms with Crippen molar-refractivity contribution in [3.8, 4) is 0 Å². The Morgan fingerprint density at radius 3 is 1.90 bits per heavy atom. The summed E-state index contributed by atoms with van der Waals surface area (Å²) in [6.45, 7) is 5.76. The first kappa shape index (κ1) is 10.4. The molecule has 0 aromatic rings. The molecule has 0 N–H and O–H groups in total. The molecule has 0 aliphatic rings. The summed E-state index contributed by atoms with van der Waals surface area (Å²) in [5, 5.41) is 0. The van der Waals surface area contributed by atoms with E-state index in [4.69, 9.17) is 9.85 Å². The summed E-state index contributed by atoms with van der Waals surface area (Å²) in [5.41, 5.74) is -0.156. The molecule has 0 bridgehead atoms. The van der Waals surface area contributed by atoms with Gasteiger partial charge in [0.2, 0.25) is 0 Å². The van der Waals surface area contributed by atoms with Crippen LogP contribution in [-0.2, 0) is 24.3 Å². The summed E-state index contributed by atoms with van der Waals surface area (Å²) in [6, 6.07) is 0. The number of hydrogen-bond donors (Lipinski definition) is 0. The first-order valence-corrected chi connectivity index (χ1v) is 6.49. The van der Waals surface area contributed by atoms with Crippen LogP contribution in [0.15, 0.2) is 0 Å². The molecule has 0 atom stereocenters. The first-order valence-electron chi connectivity index (χ1n) is 2.86. The molecule has 0 aliphatic carbocycles. The van der Waals surface area contributed by atoms with E-state index in [1.54, 1.807) is 0 Å². The average molecular weight is 206 g/mol. The van der Waals surface area contributed by atoms with Crippen molar-refractivity contribution in [2.24, 2.45) is 5.41 Å². The van der Waals surface area contributed by atoms with E-state index in [9.17, 15) is 7.35 Å². The van der Waals surface area contributed by atoms with Gasteiger partial charge in [0.05, 0.1) is 0 Å². The van der Waals surface area contributed by atoms with E-state index in [0.29, 0.717) is 0 Å². The quantitative estimate of drug-likeness (QED) is 0.692. The van der Waals surface area contributed by atoms with Crippen molar-refractivity contribution < 1.29 is 24.3 Å². The number of rotatable bonds is 2. The van der Waals surface area contributed by atoms with Crippen LogP contribution in [0.4, 0.5) is 0 Å². The molecule has 0 saturated heterocycles. The molecule has 5 heteroatoms. The molecule has 0 fully saturated rings. The van der Waals surface area contributed by atoms with Gasteiger partial charge in [-0.15, -0.1) is 0 Å². The Hall–Kier alpha value is 0.434. The minimum atomic E-state index is -4.60. The summed E-state index contributed by atoms with van der Waals surface area (Å²) in [4.78, 5) is 0. The molecule has 0 aliphatic heterocycles. The van der Waals surface area contributed by atoms with Crippen LogP contribution in [0.3, 0.4) is 0 Å². The Bertz CT molecular complexity index is 189. The summed E-state index contributed by atoms with van der Waals surface area (Å²) < 4.78 is 25.0. The van der Waals surface area contributed by atoms with Crippen LogP contribution in [0.5, 0.6) is 0 Å². The van der Waals surface area contributed by atoms with Crippen LogP contribution in [0.1, 0.15) is 20.8 Å². The standard InChI is InChI=1S/C5H11O.ClH.2O.V/c1-5(2,3)4-6;;;;/h4H2,1-3H3;1H;;;/q-1;;;;+2/p-1. The third-order valence-corrected chi connectivity index (χ3v) is 1.74. The van der Waals surface area contributed by atoms with Gasteiger partial charge in [-0.25, -0.2) is 0 Å². The third-order valence-electron chi connectivity index (χ3n) is 0.652. The normalized spacial score (nSPS) is 13.6. The molecule has 0 heterocycles. The molecule has 0 aromatic carbocycles. The van der Waals surface area contributed by atoms with Gasteiger partial charge in [-0.1, -0.05) is 0 Å². The van der Waals surface area contributed by atoms with E-state index in [1.165, 1.54) is 0 Å². The fourth-order valence-electron chi connectivity index (χ4n) is 0.271. The zero-order valence-electron chi connectivity index (χ0n) is 6.26. The van der Waals surface area contributed by atoms with Gasteiger partial charge in [0.25, 0.3) is 0 Å². The first-order chi connectivity index (χ1) is 4.21. The van der Waals surface area contributed by atoms with E-state index >= 15 is 0 Å². The van der Waals surface area contributed by atoms with Crippen molar-refractivity contribution in [2.75, 3.05) is 6.61 Å². The topological polar surface area (TPSA) is 43.4 Å². The Balaban J connectivity index is 3.79. The second-order valence-corrected chi connectivity index (χ2v) is 6.72. The van der Waals surface area contributed by atoms with Crippen molar-refractivity contribution in [3.05, 3.63) is 0 Å². The second-order valence-electron chi connectivity index (χ2n) is 3.26. The zero-order valence-corrected chi connectivity index (χ0v) is 8.41. The zero-order chi connectivity index (χ0) is 8.41. The maximum absolute atomic E-state index is 10.3. The van der Waals surface area contributed by atoms with Gasteiger partial charge in [-0.3, -0.25) is 0 Å². The van der Waals surface area contributed by atoms with Gasteiger partial charge in [0.15, 0.2) is 0 Å². The Morgan fingerprint density at radius 1 is 1.40 bits per heavy atom. The second kappa shape index (κ2) is 3.22. The molecule has 0 spiro atoms. The van der Waals surface area contributed by atoms with Gasteiger partial charge >= 0.3 is 67.0 Å². The van der Waals surface area contributed by atoms with Gasteiger partial charge in [-0.2, -0.15) is 0 Å². The molecule has 0 saturated carbocycles. The summed E-state index contributed by atoms with van der Waals surface area (Å²) in [7, 11) is 4.88. The van der Waals surface area contributed by atoms with Gasteiger partial charge < -0.3 is 0 Å². The van der Waals surface area contributed by atoms with Crippen molar-refractivity contribution >= 4 is 9.85 Å². The van der Waals surface area contributed by atoms with E-state index in [-0.39, 0.29) is 12.0 Å². The molecule has 10 heavy (non-hydrogen) atoms. The van der Waals surface area contributed by atoms with Gasteiger partial charge in [-0.05, 0) is 0 Å². The van der Waals surface area contributed by atoms with Gasteiger partial charge in [0, 0.05) is 0 Å². The van der Waals surface area contributed by atoms with Gasteiger partial charge in [0.1, 0.15) is 0 Å². The summed E-state index contributed by atoms with van der Waals surface area (Å²) in [5.74, 6) is 0. The molecular formula is C5H11ClO3V. The van der Waals surface area contributed by atoms with Crippen LogP contribution < -0.4 is 0 Å². The van der Waals surface area contributed by atoms with Crippen LogP contribution in [0.25, 0.3) is 0 Å². The Morgan fingerprint density at radius 2 is 1.80 bits per heavy atom. The predicted molar refractivity (Wildman–Crippen MR) is 32.6 cm³/mol. The molecule has 0 amide bonds. The van der Waals surface area contributed by atoms with Crippen LogP contribution >= 0.6 is 9.85 Å². The summed E-state index contributed by atoms with van der Waals surface area (Å²) in [6.07, 6.45) is 0. The molecule has 0 rings (SSSR count). The van der Waals surface area contributed by atoms with Crippen molar-refractivity contribution in [2.45, 2.75) is 20.8 Å². The fourth-order valence-corrected chi connectivity index (χ4v) is 1.32. The van der Waals surface area contributed by atoms with Crippen molar-refractivity contribution in [1.82, 2.24) is 0 Å². The average Bonchev–Trinajstić information content (AvgIpc) is 1.57. The monoisotopic (exact) mass is 205 g/mol. The minimum absolute atomic E-state index is 0.149. The Kier molecular flexibility index (Phi) is 3.36.